The summed E-state index contributed by atoms with van der Waals surface area (Å²) in [6.45, 7) is -0.508. The van der Waals surface area contributed by atoms with Gasteiger partial charge in [-0.3, -0.25) is 14.6 Å². The highest BCUT2D eigenvalue weighted by atomic mass is 16.5. The third-order valence-electron chi connectivity index (χ3n) is 4.66. The van der Waals surface area contributed by atoms with Crippen LogP contribution in [0, 0.1) is 11.3 Å². The Hall–Kier alpha value is -4.97. The number of fused-ring (bicyclic) bond motifs is 1. The first-order valence-corrected chi connectivity index (χ1v) is 9.62. The Bertz CT molecular complexity index is 1360. The fraction of sp³-hybridized carbons (Fsp3) is 0.0417. The molecule has 0 radical (unpaired) electrons. The van der Waals surface area contributed by atoms with Gasteiger partial charge < -0.3 is 21.3 Å². The molecule has 2 aromatic heterocycles. The van der Waals surface area contributed by atoms with Gasteiger partial charge in [-0.25, -0.2) is 4.98 Å². The molecule has 0 saturated carbocycles. The molecule has 9 nitrogen and oxygen atoms in total. The summed E-state index contributed by atoms with van der Waals surface area (Å²) in [6, 6.07) is 18.8. The average Bonchev–Trinajstić information content (AvgIpc) is 2.82. The van der Waals surface area contributed by atoms with E-state index in [-0.39, 0.29) is 18.9 Å². The number of hydrogen-bond donors (Lipinski definition) is 3. The zero-order chi connectivity index (χ0) is 23.8. The number of para-hydroxylation sites is 1. The predicted octanol–water partition coefficient (Wildman–Crippen LogP) is 2.98. The molecule has 33 heavy (non-hydrogen) atoms. The fourth-order valence-corrected chi connectivity index (χ4v) is 3.34. The summed E-state index contributed by atoms with van der Waals surface area (Å²) in [5.41, 5.74) is 14.3. The number of aromatic nitrogens is 2. The minimum atomic E-state index is -0.581. The van der Waals surface area contributed by atoms with Gasteiger partial charge in [0.1, 0.15) is 23.2 Å². The Morgan fingerprint density at radius 3 is 2.58 bits per heavy atom. The lowest BCUT2D eigenvalue weighted by molar-refractivity contribution is -0.123. The van der Waals surface area contributed by atoms with Gasteiger partial charge in [0.25, 0.3) is 12.4 Å². The van der Waals surface area contributed by atoms with Crippen LogP contribution in [0.4, 0.5) is 5.82 Å². The lowest BCUT2D eigenvalue weighted by Gasteiger charge is -2.14. The Labute approximate surface area is 188 Å². The molecule has 0 bridgehead atoms. The van der Waals surface area contributed by atoms with Gasteiger partial charge in [-0.1, -0.05) is 30.3 Å². The van der Waals surface area contributed by atoms with Crippen LogP contribution in [0.5, 0.6) is 5.75 Å². The van der Waals surface area contributed by atoms with Crippen LogP contribution in [0.15, 0.2) is 67.0 Å². The van der Waals surface area contributed by atoms with Crippen LogP contribution in [0.1, 0.15) is 5.56 Å². The van der Waals surface area contributed by atoms with Crippen LogP contribution in [0.2, 0.25) is 0 Å². The highest BCUT2D eigenvalue weighted by Gasteiger charge is 2.17. The summed E-state index contributed by atoms with van der Waals surface area (Å²) in [4.78, 5) is 28.1. The number of nitriles is 1. The van der Waals surface area contributed by atoms with Crippen molar-refractivity contribution in [3.8, 4) is 34.2 Å². The molecular formula is C24H19N5O4. The maximum Gasteiger partial charge on any atom is 0.290 e. The second-order valence-corrected chi connectivity index (χ2v) is 6.69. The summed E-state index contributed by atoms with van der Waals surface area (Å²) in [5, 5.41) is 18.5. The number of hydrogen-bond acceptors (Lipinski definition) is 7. The van der Waals surface area contributed by atoms with Gasteiger partial charge in [-0.15, -0.1) is 0 Å². The predicted molar refractivity (Wildman–Crippen MR) is 123 cm³/mol. The fourth-order valence-electron chi connectivity index (χ4n) is 3.34. The lowest BCUT2D eigenvalue weighted by atomic mass is 9.94. The number of nitrogens with two attached hydrogens (primary N) is 2. The van der Waals surface area contributed by atoms with Gasteiger partial charge in [-0.05, 0) is 35.2 Å². The molecule has 2 aromatic carbocycles. The second kappa shape index (κ2) is 10.4. The van der Waals surface area contributed by atoms with Gasteiger partial charge in [0.2, 0.25) is 0 Å². The molecule has 4 aromatic rings. The zero-order valence-electron chi connectivity index (χ0n) is 17.3. The molecule has 9 heteroatoms. The number of ether oxygens (including phenoxy) is 1. The van der Waals surface area contributed by atoms with E-state index in [1.807, 2.05) is 30.3 Å². The monoisotopic (exact) mass is 441 g/mol. The van der Waals surface area contributed by atoms with E-state index in [2.05, 4.69) is 16.0 Å². The van der Waals surface area contributed by atoms with Gasteiger partial charge >= 0.3 is 0 Å². The number of benzene rings is 2. The number of carboxylic acid groups (broad SMARTS) is 1. The molecule has 0 aliphatic carbocycles. The Morgan fingerprint density at radius 2 is 1.85 bits per heavy atom. The van der Waals surface area contributed by atoms with Crippen molar-refractivity contribution >= 4 is 29.0 Å². The Morgan fingerprint density at radius 1 is 1.12 bits per heavy atom. The molecule has 0 aliphatic rings. The molecule has 1 amide bonds. The van der Waals surface area contributed by atoms with E-state index in [0.717, 1.165) is 16.3 Å². The van der Waals surface area contributed by atoms with Gasteiger partial charge in [-0.2, -0.15) is 5.26 Å². The van der Waals surface area contributed by atoms with Crippen molar-refractivity contribution in [1.29, 1.82) is 5.26 Å². The van der Waals surface area contributed by atoms with Crippen molar-refractivity contribution in [2.24, 2.45) is 5.73 Å². The molecular weight excluding hydrogens is 422 g/mol. The highest BCUT2D eigenvalue weighted by molar-refractivity contribution is 5.98. The van der Waals surface area contributed by atoms with Crippen molar-refractivity contribution in [2.45, 2.75) is 0 Å². The average molecular weight is 441 g/mol. The molecule has 0 atom stereocenters. The first-order valence-electron chi connectivity index (χ1n) is 9.62. The van der Waals surface area contributed by atoms with Crippen molar-refractivity contribution in [3.63, 3.8) is 0 Å². The van der Waals surface area contributed by atoms with E-state index in [9.17, 15) is 10.1 Å². The molecule has 2 heterocycles. The van der Waals surface area contributed by atoms with Gasteiger partial charge in [0.15, 0.2) is 6.61 Å². The number of anilines is 1. The Kier molecular flexibility index (Phi) is 7.13. The molecule has 0 spiro atoms. The molecule has 164 valence electrons. The third kappa shape index (κ3) is 5.03. The number of primary amides is 1. The van der Waals surface area contributed by atoms with Crippen LogP contribution >= 0.6 is 0 Å². The van der Waals surface area contributed by atoms with E-state index in [0.29, 0.717) is 28.1 Å². The topological polar surface area (TPSA) is 165 Å². The number of nitrogen functional groups attached to an aromatic ring is 1. The van der Waals surface area contributed by atoms with Gasteiger partial charge in [0, 0.05) is 28.9 Å². The number of pyridine rings is 2. The molecule has 0 saturated heterocycles. The standard InChI is InChI=1S/C23H17N5O2.CH2O2/c24-11-19-18(16-6-3-4-14-12-27-9-8-15(14)16)10-20(28-23(19)26)17-5-1-2-7-21(17)30-13-22(25)29;2-1-3/h1-10,12H,13H2,(H2,25,29)(H2,26,28);1H,(H,2,3). The second-order valence-electron chi connectivity index (χ2n) is 6.69. The number of carbonyl (C=O) groups excluding carboxylic acids is 1. The molecule has 5 N–H and O–H groups in total. The number of amides is 1. The maximum atomic E-state index is 11.1. The SMILES string of the molecule is N#Cc1c(-c2cccc3cnccc23)cc(-c2ccccc2OCC(N)=O)nc1N.O=CO. The van der Waals surface area contributed by atoms with E-state index in [1.54, 1.807) is 36.7 Å². The minimum Gasteiger partial charge on any atom is -0.483 e. The number of nitrogens with zero attached hydrogens (tertiary/aromatic N) is 3. The molecule has 0 aliphatic heterocycles. The van der Waals surface area contributed by atoms with E-state index >= 15 is 0 Å². The van der Waals surface area contributed by atoms with Crippen LogP contribution in [0.3, 0.4) is 0 Å². The first kappa shape index (κ1) is 22.7. The van der Waals surface area contributed by atoms with Crippen molar-refractivity contribution in [1.82, 2.24) is 9.97 Å². The van der Waals surface area contributed by atoms with Crippen LogP contribution in [-0.2, 0) is 9.59 Å². The maximum absolute atomic E-state index is 11.1. The van der Waals surface area contributed by atoms with Crippen molar-refractivity contribution in [2.75, 3.05) is 12.3 Å². The summed E-state index contributed by atoms with van der Waals surface area (Å²) in [6.07, 6.45) is 3.47. The molecule has 0 unspecified atom stereocenters. The molecule has 0 fully saturated rings. The van der Waals surface area contributed by atoms with Crippen LogP contribution in [0.25, 0.3) is 33.2 Å². The van der Waals surface area contributed by atoms with E-state index in [1.165, 1.54) is 0 Å². The smallest absolute Gasteiger partial charge is 0.290 e. The normalized spacial score (nSPS) is 9.91. The summed E-state index contributed by atoms with van der Waals surface area (Å²) >= 11 is 0. The first-order chi connectivity index (χ1) is 16.0. The minimum absolute atomic E-state index is 0.112. The van der Waals surface area contributed by atoms with Gasteiger partial charge in [0.05, 0.1) is 5.69 Å². The molecule has 4 rings (SSSR count). The van der Waals surface area contributed by atoms with Crippen LogP contribution in [-0.4, -0.2) is 34.1 Å². The van der Waals surface area contributed by atoms with Crippen molar-refractivity contribution in [3.05, 3.63) is 72.6 Å². The zero-order valence-corrected chi connectivity index (χ0v) is 17.3. The third-order valence-corrected chi connectivity index (χ3v) is 4.66. The summed E-state index contributed by atoms with van der Waals surface area (Å²) in [5.74, 6) is -0.0242. The van der Waals surface area contributed by atoms with Crippen molar-refractivity contribution < 1.29 is 19.4 Å². The lowest BCUT2D eigenvalue weighted by Crippen LogP contribution is -2.20. The summed E-state index contributed by atoms with van der Waals surface area (Å²) < 4.78 is 5.54. The largest absolute Gasteiger partial charge is 0.483 e. The Balaban J connectivity index is 0.000000968. The number of carbonyl (C=O) groups is 2. The highest BCUT2D eigenvalue weighted by Crippen LogP contribution is 2.37. The van der Waals surface area contributed by atoms with Crippen LogP contribution < -0.4 is 16.2 Å². The van der Waals surface area contributed by atoms with E-state index < -0.39 is 5.91 Å². The van der Waals surface area contributed by atoms with E-state index in [4.69, 9.17) is 26.1 Å². The number of rotatable bonds is 5. The quantitative estimate of drug-likeness (QED) is 0.398. The summed E-state index contributed by atoms with van der Waals surface area (Å²) in [7, 11) is 0.